The third-order valence-corrected chi connectivity index (χ3v) is 4.31. The van der Waals surface area contributed by atoms with Crippen molar-refractivity contribution < 1.29 is 0 Å². The van der Waals surface area contributed by atoms with Crippen molar-refractivity contribution in [2.24, 2.45) is 4.99 Å². The van der Waals surface area contributed by atoms with Gasteiger partial charge in [0, 0.05) is 13.1 Å². The molecule has 7 heteroatoms. The van der Waals surface area contributed by atoms with E-state index in [1.165, 1.54) is 0 Å². The lowest BCUT2D eigenvalue weighted by Gasteiger charge is -2.15. The second kappa shape index (κ2) is 4.86. The first-order valence-corrected chi connectivity index (χ1v) is 7.25. The molecule has 0 unspecified atom stereocenters. The van der Waals surface area contributed by atoms with E-state index in [1.54, 1.807) is 22.9 Å². The van der Waals surface area contributed by atoms with Gasteiger partial charge in [-0.1, -0.05) is 11.6 Å². The molecule has 0 radical (unpaired) electrons. The van der Waals surface area contributed by atoms with Gasteiger partial charge < -0.3 is 5.73 Å². The molecule has 0 spiro atoms. The summed E-state index contributed by atoms with van der Waals surface area (Å²) in [5, 5.41) is 0.513. The van der Waals surface area contributed by atoms with Crippen LogP contribution in [0, 0.1) is 0 Å². The standard InChI is InChI=1S/C12H13ClN4OS/c13-9-4-3-8(7-10(9)14)15-11-16-5-1-2-6-17(16)12(18)19-11/h3-4,7H,1-2,5-6,14H2. The zero-order chi connectivity index (χ0) is 13.4. The Morgan fingerprint density at radius 3 is 2.74 bits per heavy atom. The van der Waals surface area contributed by atoms with Crippen LogP contribution in [0.2, 0.25) is 5.02 Å². The predicted molar refractivity (Wildman–Crippen MR) is 76.9 cm³/mol. The molecule has 2 heterocycles. The molecule has 0 bridgehead atoms. The van der Waals surface area contributed by atoms with Gasteiger partial charge in [0.15, 0.2) is 0 Å². The van der Waals surface area contributed by atoms with Gasteiger partial charge in [0.2, 0.25) is 4.80 Å². The average molecular weight is 297 g/mol. The van der Waals surface area contributed by atoms with Crippen LogP contribution < -0.4 is 15.4 Å². The minimum atomic E-state index is 0.0420. The quantitative estimate of drug-likeness (QED) is 0.818. The molecule has 0 aliphatic carbocycles. The lowest BCUT2D eigenvalue weighted by molar-refractivity contribution is 0.345. The van der Waals surface area contributed by atoms with E-state index < -0.39 is 0 Å². The highest BCUT2D eigenvalue weighted by Gasteiger charge is 2.12. The van der Waals surface area contributed by atoms with Gasteiger partial charge in [0.05, 0.1) is 16.4 Å². The summed E-state index contributed by atoms with van der Waals surface area (Å²) in [4.78, 5) is 17.1. The summed E-state index contributed by atoms with van der Waals surface area (Å²) in [7, 11) is 0. The normalized spacial score (nSPS) is 15.5. The summed E-state index contributed by atoms with van der Waals surface area (Å²) in [6.45, 7) is 1.61. The van der Waals surface area contributed by atoms with Gasteiger partial charge in [-0.2, -0.15) is 0 Å². The molecule has 1 aromatic heterocycles. The zero-order valence-electron chi connectivity index (χ0n) is 10.2. The minimum Gasteiger partial charge on any atom is -0.397 e. The van der Waals surface area contributed by atoms with Crippen molar-refractivity contribution in [3.8, 4) is 0 Å². The Balaban J connectivity index is 2.13. The fourth-order valence-electron chi connectivity index (χ4n) is 2.13. The van der Waals surface area contributed by atoms with Crippen molar-refractivity contribution in [3.63, 3.8) is 0 Å². The van der Waals surface area contributed by atoms with E-state index in [1.807, 2.05) is 4.68 Å². The predicted octanol–water partition coefficient (Wildman–Crippen LogP) is 1.97. The summed E-state index contributed by atoms with van der Waals surface area (Å²) in [6, 6.07) is 5.22. The molecule has 1 aromatic carbocycles. The van der Waals surface area contributed by atoms with Crippen LogP contribution in [0.25, 0.3) is 0 Å². The largest absolute Gasteiger partial charge is 0.397 e. The lowest BCUT2D eigenvalue weighted by Crippen LogP contribution is -2.31. The van der Waals surface area contributed by atoms with Crippen molar-refractivity contribution >= 4 is 34.3 Å². The highest BCUT2D eigenvalue weighted by molar-refractivity contribution is 7.06. The molecule has 19 heavy (non-hydrogen) atoms. The molecule has 1 aliphatic heterocycles. The monoisotopic (exact) mass is 296 g/mol. The van der Waals surface area contributed by atoms with Crippen LogP contribution in [0.5, 0.6) is 0 Å². The van der Waals surface area contributed by atoms with E-state index in [0.29, 0.717) is 21.2 Å². The van der Waals surface area contributed by atoms with Crippen molar-refractivity contribution in [2.45, 2.75) is 25.9 Å². The van der Waals surface area contributed by atoms with E-state index in [2.05, 4.69) is 4.99 Å². The summed E-state index contributed by atoms with van der Waals surface area (Å²) >= 11 is 7.04. The van der Waals surface area contributed by atoms with Gasteiger partial charge in [-0.15, -0.1) is 0 Å². The van der Waals surface area contributed by atoms with Crippen molar-refractivity contribution in [3.05, 3.63) is 37.7 Å². The van der Waals surface area contributed by atoms with Crippen LogP contribution in [-0.2, 0) is 13.1 Å². The summed E-state index contributed by atoms with van der Waals surface area (Å²) in [5.74, 6) is 0. The molecule has 100 valence electrons. The number of aromatic nitrogens is 2. The van der Waals surface area contributed by atoms with Gasteiger partial charge >= 0.3 is 4.87 Å². The molecular formula is C12H13ClN4OS. The summed E-state index contributed by atoms with van der Waals surface area (Å²) < 4.78 is 3.70. The number of nitrogens with two attached hydrogens (primary N) is 1. The molecule has 0 fully saturated rings. The number of anilines is 1. The summed E-state index contributed by atoms with van der Waals surface area (Å²) in [6.07, 6.45) is 2.12. The average Bonchev–Trinajstić information content (AvgIpc) is 2.72. The molecular weight excluding hydrogens is 284 g/mol. The first-order chi connectivity index (χ1) is 9.15. The van der Waals surface area contributed by atoms with Gasteiger partial charge in [0.25, 0.3) is 0 Å². The first kappa shape index (κ1) is 12.5. The van der Waals surface area contributed by atoms with Crippen molar-refractivity contribution in [1.82, 2.24) is 9.36 Å². The number of rotatable bonds is 1. The Kier molecular flexibility index (Phi) is 3.20. The SMILES string of the molecule is Nc1cc(N=c2sc(=O)n3n2CCCC3)ccc1Cl. The Morgan fingerprint density at radius 2 is 2.00 bits per heavy atom. The highest BCUT2D eigenvalue weighted by Crippen LogP contribution is 2.23. The number of benzene rings is 1. The van der Waals surface area contributed by atoms with E-state index in [-0.39, 0.29) is 4.87 Å². The van der Waals surface area contributed by atoms with E-state index in [4.69, 9.17) is 17.3 Å². The van der Waals surface area contributed by atoms with E-state index >= 15 is 0 Å². The van der Waals surface area contributed by atoms with Gasteiger partial charge in [0.1, 0.15) is 0 Å². The summed E-state index contributed by atoms with van der Waals surface area (Å²) in [5.41, 5.74) is 6.96. The Bertz CT molecular complexity index is 743. The highest BCUT2D eigenvalue weighted by atomic mass is 35.5. The molecule has 5 nitrogen and oxygen atoms in total. The number of nitrogen functional groups attached to an aromatic ring is 1. The Morgan fingerprint density at radius 1 is 1.26 bits per heavy atom. The maximum Gasteiger partial charge on any atom is 0.325 e. The van der Waals surface area contributed by atoms with Crippen molar-refractivity contribution in [1.29, 1.82) is 0 Å². The minimum absolute atomic E-state index is 0.0420. The third kappa shape index (κ3) is 2.33. The molecule has 2 N–H and O–H groups in total. The van der Waals surface area contributed by atoms with E-state index in [9.17, 15) is 4.79 Å². The number of fused-ring (bicyclic) bond motifs is 1. The fraction of sp³-hybridized carbons (Fsp3) is 0.333. The molecule has 1 aliphatic rings. The molecule has 0 saturated carbocycles. The number of hydrogen-bond acceptors (Lipinski definition) is 4. The van der Waals surface area contributed by atoms with Crippen LogP contribution in [-0.4, -0.2) is 9.36 Å². The van der Waals surface area contributed by atoms with Crippen LogP contribution in [0.4, 0.5) is 11.4 Å². The second-order valence-corrected chi connectivity index (χ2v) is 5.75. The topological polar surface area (TPSA) is 65.3 Å². The van der Waals surface area contributed by atoms with Crippen LogP contribution >= 0.6 is 22.9 Å². The maximum absolute atomic E-state index is 11.9. The lowest BCUT2D eigenvalue weighted by atomic mass is 10.3. The van der Waals surface area contributed by atoms with E-state index in [0.717, 1.165) is 37.3 Å². The fourth-order valence-corrected chi connectivity index (χ4v) is 3.14. The van der Waals surface area contributed by atoms with Gasteiger partial charge in [-0.3, -0.25) is 9.48 Å². The van der Waals surface area contributed by atoms with Crippen molar-refractivity contribution in [2.75, 3.05) is 5.73 Å². The van der Waals surface area contributed by atoms with Gasteiger partial charge in [-0.05, 0) is 42.4 Å². The molecule has 0 atom stereocenters. The molecule has 3 rings (SSSR count). The second-order valence-electron chi connectivity index (χ2n) is 4.42. The number of nitrogens with zero attached hydrogens (tertiary/aromatic N) is 3. The third-order valence-electron chi connectivity index (χ3n) is 3.10. The molecule has 0 amide bonds. The Hall–Kier alpha value is -1.53. The number of hydrogen-bond donors (Lipinski definition) is 1. The van der Waals surface area contributed by atoms with Crippen LogP contribution in [0.15, 0.2) is 28.0 Å². The molecule has 0 saturated heterocycles. The smallest absolute Gasteiger partial charge is 0.325 e. The van der Waals surface area contributed by atoms with Crippen LogP contribution in [0.1, 0.15) is 12.8 Å². The first-order valence-electron chi connectivity index (χ1n) is 6.05. The number of halogens is 1. The maximum atomic E-state index is 11.9. The van der Waals surface area contributed by atoms with Crippen LogP contribution in [0.3, 0.4) is 0 Å². The Labute approximate surface area is 118 Å². The molecule has 2 aromatic rings. The zero-order valence-corrected chi connectivity index (χ0v) is 11.7. The van der Waals surface area contributed by atoms with Gasteiger partial charge in [-0.25, -0.2) is 9.67 Å².